The molecule has 0 saturated heterocycles. The molecule has 0 bridgehead atoms. The summed E-state index contributed by atoms with van der Waals surface area (Å²) >= 11 is 0. The van der Waals surface area contributed by atoms with E-state index < -0.39 is 0 Å². The van der Waals surface area contributed by atoms with Gasteiger partial charge in [0.15, 0.2) is 0 Å². The van der Waals surface area contributed by atoms with Gasteiger partial charge in [0.1, 0.15) is 0 Å². The van der Waals surface area contributed by atoms with Crippen LogP contribution in [0.15, 0.2) is 0 Å². The summed E-state index contributed by atoms with van der Waals surface area (Å²) in [4.78, 5) is 0. The lowest BCUT2D eigenvalue weighted by Crippen LogP contribution is -2.24. The molecule has 0 saturated carbocycles. The Kier molecular flexibility index (Phi) is 11.3. The van der Waals surface area contributed by atoms with Crippen LogP contribution in [0.4, 0.5) is 0 Å². The highest BCUT2D eigenvalue weighted by Gasteiger charge is 2.05. The number of hydrogen-bond acceptors (Lipinski definition) is 2. The minimum Gasteiger partial charge on any atom is -0.381 e. The first-order valence-electron chi connectivity index (χ1n) is 7.01. The molecule has 0 aromatic heterocycles. The number of ether oxygens (including phenoxy) is 1. The van der Waals surface area contributed by atoms with Gasteiger partial charge < -0.3 is 10.1 Å². The fourth-order valence-corrected chi connectivity index (χ4v) is 1.71. The van der Waals surface area contributed by atoms with Crippen molar-refractivity contribution in [2.45, 2.75) is 65.8 Å². The fraction of sp³-hybridized carbons (Fsp3) is 1.00. The van der Waals surface area contributed by atoms with Crippen LogP contribution in [-0.2, 0) is 4.74 Å². The molecule has 0 amide bonds. The van der Waals surface area contributed by atoms with Crippen molar-refractivity contribution < 1.29 is 4.74 Å². The van der Waals surface area contributed by atoms with Crippen molar-refractivity contribution in [2.75, 3.05) is 19.8 Å². The number of rotatable bonds is 11. The maximum atomic E-state index is 5.73. The van der Waals surface area contributed by atoms with Crippen LogP contribution in [0.1, 0.15) is 59.8 Å². The second-order valence-electron chi connectivity index (χ2n) is 4.95. The van der Waals surface area contributed by atoms with E-state index in [-0.39, 0.29) is 0 Å². The van der Waals surface area contributed by atoms with Gasteiger partial charge in [0.05, 0.1) is 0 Å². The SMILES string of the molecule is CCCCC(CC)COCCCNC(C)C. The molecule has 0 fully saturated rings. The summed E-state index contributed by atoms with van der Waals surface area (Å²) in [5.74, 6) is 0.776. The first-order chi connectivity index (χ1) is 7.70. The zero-order valence-corrected chi connectivity index (χ0v) is 11.7. The first-order valence-corrected chi connectivity index (χ1v) is 7.01. The van der Waals surface area contributed by atoms with Crippen molar-refractivity contribution in [1.29, 1.82) is 0 Å². The maximum Gasteiger partial charge on any atom is 0.0494 e. The molecule has 1 N–H and O–H groups in total. The highest BCUT2D eigenvalue weighted by molar-refractivity contribution is 4.56. The third-order valence-electron chi connectivity index (χ3n) is 2.91. The summed E-state index contributed by atoms with van der Waals surface area (Å²) in [5, 5.41) is 3.40. The largest absolute Gasteiger partial charge is 0.381 e. The van der Waals surface area contributed by atoms with E-state index in [4.69, 9.17) is 4.74 Å². The smallest absolute Gasteiger partial charge is 0.0494 e. The highest BCUT2D eigenvalue weighted by Crippen LogP contribution is 2.12. The van der Waals surface area contributed by atoms with Gasteiger partial charge in [-0.05, 0) is 25.3 Å². The predicted molar refractivity (Wildman–Crippen MR) is 71.9 cm³/mol. The van der Waals surface area contributed by atoms with Crippen LogP contribution in [-0.4, -0.2) is 25.8 Å². The Morgan fingerprint density at radius 1 is 1.12 bits per heavy atom. The van der Waals surface area contributed by atoms with Gasteiger partial charge in [-0.2, -0.15) is 0 Å². The summed E-state index contributed by atoms with van der Waals surface area (Å²) in [5.41, 5.74) is 0. The Balaban J connectivity index is 3.27. The average molecular weight is 229 g/mol. The van der Waals surface area contributed by atoms with Gasteiger partial charge in [0, 0.05) is 19.3 Å². The van der Waals surface area contributed by atoms with E-state index in [1.54, 1.807) is 0 Å². The Bertz CT molecular complexity index is 137. The van der Waals surface area contributed by atoms with Crippen molar-refractivity contribution in [3.05, 3.63) is 0 Å². The molecule has 0 aliphatic carbocycles. The van der Waals surface area contributed by atoms with E-state index in [0.29, 0.717) is 6.04 Å². The molecule has 0 aromatic carbocycles. The van der Waals surface area contributed by atoms with Crippen molar-refractivity contribution in [3.63, 3.8) is 0 Å². The summed E-state index contributed by atoms with van der Waals surface area (Å²) in [6.07, 6.45) is 6.36. The van der Waals surface area contributed by atoms with Crippen LogP contribution in [0, 0.1) is 5.92 Å². The summed E-state index contributed by atoms with van der Waals surface area (Å²) in [6.45, 7) is 11.8. The molecule has 0 rings (SSSR count). The van der Waals surface area contributed by atoms with E-state index in [2.05, 4.69) is 33.0 Å². The number of hydrogen-bond donors (Lipinski definition) is 1. The van der Waals surface area contributed by atoms with Crippen LogP contribution in [0.25, 0.3) is 0 Å². The third-order valence-corrected chi connectivity index (χ3v) is 2.91. The first kappa shape index (κ1) is 15.9. The molecule has 2 nitrogen and oxygen atoms in total. The van der Waals surface area contributed by atoms with E-state index in [0.717, 1.165) is 32.1 Å². The standard InChI is InChI=1S/C14H31NO/c1-5-7-9-14(6-2)12-16-11-8-10-15-13(3)4/h13-15H,5-12H2,1-4H3. The molecule has 0 aliphatic rings. The molecule has 1 atom stereocenters. The Labute approximate surface area is 102 Å². The molecule has 0 heterocycles. The lowest BCUT2D eigenvalue weighted by Gasteiger charge is -2.15. The zero-order valence-electron chi connectivity index (χ0n) is 11.7. The Hall–Kier alpha value is -0.0800. The third kappa shape index (κ3) is 10.4. The van der Waals surface area contributed by atoms with E-state index in [1.807, 2.05) is 0 Å². The molecule has 1 unspecified atom stereocenters. The van der Waals surface area contributed by atoms with Gasteiger partial charge >= 0.3 is 0 Å². The van der Waals surface area contributed by atoms with Crippen LogP contribution in [0.5, 0.6) is 0 Å². The molecule has 16 heavy (non-hydrogen) atoms. The second-order valence-corrected chi connectivity index (χ2v) is 4.95. The Morgan fingerprint density at radius 3 is 2.44 bits per heavy atom. The normalized spacial score (nSPS) is 13.3. The van der Waals surface area contributed by atoms with Gasteiger partial charge in [0.25, 0.3) is 0 Å². The lowest BCUT2D eigenvalue weighted by atomic mass is 10.0. The summed E-state index contributed by atoms with van der Waals surface area (Å²) in [6, 6.07) is 0.591. The molecular formula is C14H31NO. The summed E-state index contributed by atoms with van der Waals surface area (Å²) < 4.78 is 5.73. The summed E-state index contributed by atoms with van der Waals surface area (Å²) in [7, 11) is 0. The molecule has 0 spiro atoms. The monoisotopic (exact) mass is 229 g/mol. The van der Waals surface area contributed by atoms with Gasteiger partial charge in [-0.1, -0.05) is 47.0 Å². The quantitative estimate of drug-likeness (QED) is 0.547. The van der Waals surface area contributed by atoms with Crippen molar-refractivity contribution in [1.82, 2.24) is 5.32 Å². The molecular weight excluding hydrogens is 198 g/mol. The second kappa shape index (κ2) is 11.4. The molecule has 2 heteroatoms. The molecule has 0 radical (unpaired) electrons. The van der Waals surface area contributed by atoms with Crippen molar-refractivity contribution >= 4 is 0 Å². The van der Waals surface area contributed by atoms with Gasteiger partial charge in [0.2, 0.25) is 0 Å². The topological polar surface area (TPSA) is 21.3 Å². The minimum atomic E-state index is 0.591. The van der Waals surface area contributed by atoms with Crippen molar-refractivity contribution in [2.24, 2.45) is 5.92 Å². The van der Waals surface area contributed by atoms with Crippen LogP contribution in [0.2, 0.25) is 0 Å². The Morgan fingerprint density at radius 2 is 1.88 bits per heavy atom. The van der Waals surface area contributed by atoms with Crippen LogP contribution < -0.4 is 5.32 Å². The van der Waals surface area contributed by atoms with E-state index in [1.165, 1.54) is 25.7 Å². The number of unbranched alkanes of at least 4 members (excludes halogenated alkanes) is 1. The van der Waals surface area contributed by atoms with E-state index in [9.17, 15) is 0 Å². The minimum absolute atomic E-state index is 0.591. The predicted octanol–water partition coefficient (Wildman–Crippen LogP) is 3.61. The number of nitrogens with one attached hydrogen (secondary N) is 1. The zero-order chi connectivity index (χ0) is 12.2. The van der Waals surface area contributed by atoms with Crippen LogP contribution >= 0.6 is 0 Å². The van der Waals surface area contributed by atoms with Gasteiger partial charge in [-0.15, -0.1) is 0 Å². The van der Waals surface area contributed by atoms with E-state index >= 15 is 0 Å². The maximum absolute atomic E-state index is 5.73. The average Bonchev–Trinajstić information content (AvgIpc) is 2.26. The molecule has 0 aliphatic heterocycles. The molecule has 98 valence electrons. The van der Waals surface area contributed by atoms with Crippen LogP contribution in [0.3, 0.4) is 0 Å². The highest BCUT2D eigenvalue weighted by atomic mass is 16.5. The van der Waals surface area contributed by atoms with Gasteiger partial charge in [-0.25, -0.2) is 0 Å². The lowest BCUT2D eigenvalue weighted by molar-refractivity contribution is 0.0919. The molecule has 0 aromatic rings. The van der Waals surface area contributed by atoms with Crippen molar-refractivity contribution in [3.8, 4) is 0 Å². The fourth-order valence-electron chi connectivity index (χ4n) is 1.71. The van der Waals surface area contributed by atoms with Gasteiger partial charge in [-0.3, -0.25) is 0 Å².